The summed E-state index contributed by atoms with van der Waals surface area (Å²) in [5.74, 6) is 1.09. The Morgan fingerprint density at radius 1 is 1.08 bits per heavy atom. The maximum atomic E-state index is 12.0. The van der Waals surface area contributed by atoms with Crippen LogP contribution in [0.2, 0.25) is 0 Å². The molecule has 0 unspecified atom stereocenters. The fourth-order valence-corrected chi connectivity index (χ4v) is 2.64. The predicted molar refractivity (Wildman–Crippen MR) is 98.1 cm³/mol. The molecule has 0 aliphatic heterocycles. The number of hydrogen-bond acceptors (Lipinski definition) is 3. The van der Waals surface area contributed by atoms with Crippen molar-refractivity contribution in [2.75, 3.05) is 19.8 Å². The minimum Gasteiger partial charge on any atom is -0.490 e. The Balaban J connectivity index is 1.45. The van der Waals surface area contributed by atoms with Gasteiger partial charge in [0.1, 0.15) is 0 Å². The molecule has 0 radical (unpaired) electrons. The second kappa shape index (κ2) is 8.24. The van der Waals surface area contributed by atoms with Crippen molar-refractivity contribution in [2.24, 2.45) is 0 Å². The molecule has 5 nitrogen and oxygen atoms in total. The highest BCUT2D eigenvalue weighted by Gasteiger charge is 2.07. The zero-order valence-corrected chi connectivity index (χ0v) is 14.2. The number of benzene rings is 2. The average molecular weight is 338 g/mol. The maximum absolute atomic E-state index is 12.0. The van der Waals surface area contributed by atoms with Crippen molar-refractivity contribution in [3.8, 4) is 11.5 Å². The first-order chi connectivity index (χ1) is 12.3. The van der Waals surface area contributed by atoms with E-state index in [0.717, 1.165) is 11.9 Å². The zero-order chi connectivity index (χ0) is 17.5. The molecule has 1 aromatic heterocycles. The van der Waals surface area contributed by atoms with E-state index in [1.807, 2.05) is 37.4 Å². The first-order valence-corrected chi connectivity index (χ1v) is 8.43. The smallest absolute Gasteiger partial charge is 0.257 e. The van der Waals surface area contributed by atoms with Gasteiger partial charge >= 0.3 is 0 Å². The van der Waals surface area contributed by atoms with Crippen LogP contribution in [0, 0.1) is 0 Å². The van der Waals surface area contributed by atoms with Crippen LogP contribution < -0.4 is 14.8 Å². The number of fused-ring (bicyclic) bond motifs is 1. The Kier molecular flexibility index (Phi) is 5.57. The van der Waals surface area contributed by atoms with Crippen LogP contribution in [0.4, 0.5) is 0 Å². The highest BCUT2D eigenvalue weighted by molar-refractivity contribution is 5.80. The summed E-state index contributed by atoms with van der Waals surface area (Å²) in [6.07, 6.45) is 2.70. The normalized spacial score (nSPS) is 10.6. The van der Waals surface area contributed by atoms with Gasteiger partial charge in [-0.05, 0) is 54.6 Å². The Hall–Kier alpha value is -2.95. The van der Waals surface area contributed by atoms with Crippen molar-refractivity contribution in [3.05, 3.63) is 60.3 Å². The van der Waals surface area contributed by atoms with Crippen molar-refractivity contribution in [1.82, 2.24) is 10.3 Å². The summed E-state index contributed by atoms with van der Waals surface area (Å²) >= 11 is 0. The van der Waals surface area contributed by atoms with Gasteiger partial charge in [0.05, 0.1) is 6.61 Å². The minimum absolute atomic E-state index is 0.0269. The molecule has 25 heavy (non-hydrogen) atoms. The van der Waals surface area contributed by atoms with E-state index in [0.29, 0.717) is 24.7 Å². The van der Waals surface area contributed by atoms with Crippen molar-refractivity contribution in [1.29, 1.82) is 0 Å². The van der Waals surface area contributed by atoms with E-state index in [4.69, 9.17) is 9.47 Å². The summed E-state index contributed by atoms with van der Waals surface area (Å²) < 4.78 is 11.0. The number of para-hydroxylation sites is 2. The molecule has 3 rings (SSSR count). The number of H-pyrrole nitrogens is 1. The van der Waals surface area contributed by atoms with E-state index >= 15 is 0 Å². The van der Waals surface area contributed by atoms with E-state index in [9.17, 15) is 4.79 Å². The second-order valence-electron chi connectivity index (χ2n) is 5.67. The summed E-state index contributed by atoms with van der Waals surface area (Å²) in [6.45, 7) is 3.01. The van der Waals surface area contributed by atoms with Gasteiger partial charge < -0.3 is 19.8 Å². The number of amides is 1. The van der Waals surface area contributed by atoms with Crippen LogP contribution in [-0.2, 0) is 11.2 Å². The molecule has 1 heterocycles. The van der Waals surface area contributed by atoms with Gasteiger partial charge in [-0.15, -0.1) is 0 Å². The minimum atomic E-state index is -0.144. The van der Waals surface area contributed by atoms with Gasteiger partial charge in [0.15, 0.2) is 18.1 Å². The molecule has 0 saturated heterocycles. The molecule has 2 aromatic carbocycles. The van der Waals surface area contributed by atoms with Crippen molar-refractivity contribution >= 4 is 16.8 Å². The van der Waals surface area contributed by atoms with Crippen LogP contribution in [0.15, 0.2) is 54.7 Å². The lowest BCUT2D eigenvalue weighted by atomic mass is 10.1. The fourth-order valence-electron chi connectivity index (χ4n) is 2.64. The average Bonchev–Trinajstić information content (AvgIpc) is 3.09. The topological polar surface area (TPSA) is 63.4 Å². The van der Waals surface area contributed by atoms with Crippen LogP contribution in [0.25, 0.3) is 10.9 Å². The molecular weight excluding hydrogens is 316 g/mol. The number of carbonyl (C=O) groups excluding carboxylic acids is 1. The van der Waals surface area contributed by atoms with Crippen LogP contribution in [0.3, 0.4) is 0 Å². The molecule has 130 valence electrons. The molecule has 0 aliphatic carbocycles. The number of carbonyl (C=O) groups is 1. The van der Waals surface area contributed by atoms with Crippen molar-refractivity contribution in [2.45, 2.75) is 13.3 Å². The van der Waals surface area contributed by atoms with Crippen LogP contribution in [0.5, 0.6) is 11.5 Å². The lowest BCUT2D eigenvalue weighted by molar-refractivity contribution is -0.123. The number of nitrogens with one attached hydrogen (secondary N) is 2. The number of ether oxygens (including phenoxy) is 2. The Labute approximate surface area is 147 Å². The molecule has 1 amide bonds. The van der Waals surface area contributed by atoms with Gasteiger partial charge in [-0.25, -0.2) is 0 Å². The molecule has 0 saturated carbocycles. The Morgan fingerprint density at radius 2 is 1.88 bits per heavy atom. The highest BCUT2D eigenvalue weighted by atomic mass is 16.5. The molecular formula is C20H22N2O3. The summed E-state index contributed by atoms with van der Waals surface area (Å²) in [6, 6.07) is 15.7. The van der Waals surface area contributed by atoms with Gasteiger partial charge in [0.2, 0.25) is 0 Å². The van der Waals surface area contributed by atoms with Crippen LogP contribution in [-0.4, -0.2) is 30.6 Å². The number of aromatic amines is 1. The lowest BCUT2D eigenvalue weighted by Crippen LogP contribution is -2.30. The molecule has 0 fully saturated rings. The fraction of sp³-hybridized carbons (Fsp3) is 0.250. The van der Waals surface area contributed by atoms with E-state index in [1.165, 1.54) is 10.9 Å². The SMILES string of the molecule is CCOc1ccccc1OCC(=O)NCCc1ccc2[nH]ccc2c1. The van der Waals surface area contributed by atoms with Crippen LogP contribution >= 0.6 is 0 Å². The lowest BCUT2D eigenvalue weighted by Gasteiger charge is -2.11. The first kappa shape index (κ1) is 16.9. The standard InChI is InChI=1S/C20H22N2O3/c1-2-24-18-5-3-4-6-19(18)25-14-20(23)22-11-9-15-7-8-17-16(13-15)10-12-21-17/h3-8,10,12-13,21H,2,9,11,14H2,1H3,(H,22,23). The molecule has 2 N–H and O–H groups in total. The van der Waals surface area contributed by atoms with Gasteiger partial charge in [0.25, 0.3) is 5.91 Å². The summed E-state index contributed by atoms with van der Waals surface area (Å²) in [5.41, 5.74) is 2.31. The maximum Gasteiger partial charge on any atom is 0.257 e. The van der Waals surface area contributed by atoms with E-state index in [2.05, 4.69) is 28.5 Å². The number of hydrogen-bond donors (Lipinski definition) is 2. The van der Waals surface area contributed by atoms with E-state index < -0.39 is 0 Å². The monoisotopic (exact) mass is 338 g/mol. The van der Waals surface area contributed by atoms with Gasteiger partial charge in [-0.1, -0.05) is 18.2 Å². The molecule has 5 heteroatoms. The number of rotatable bonds is 8. The molecule has 0 bridgehead atoms. The second-order valence-corrected chi connectivity index (χ2v) is 5.67. The third-order valence-electron chi connectivity index (χ3n) is 3.86. The molecule has 0 atom stereocenters. The van der Waals surface area contributed by atoms with Crippen molar-refractivity contribution < 1.29 is 14.3 Å². The Bertz CT molecular complexity index is 842. The largest absolute Gasteiger partial charge is 0.490 e. The van der Waals surface area contributed by atoms with Gasteiger partial charge in [-0.3, -0.25) is 4.79 Å². The van der Waals surface area contributed by atoms with Gasteiger partial charge in [0, 0.05) is 18.3 Å². The summed E-state index contributed by atoms with van der Waals surface area (Å²) in [4.78, 5) is 15.1. The molecule has 0 spiro atoms. The third-order valence-corrected chi connectivity index (χ3v) is 3.86. The summed E-state index contributed by atoms with van der Waals surface area (Å²) in [5, 5.41) is 4.06. The third kappa shape index (κ3) is 4.53. The molecule has 3 aromatic rings. The number of aromatic nitrogens is 1. The van der Waals surface area contributed by atoms with Crippen LogP contribution in [0.1, 0.15) is 12.5 Å². The summed E-state index contributed by atoms with van der Waals surface area (Å²) in [7, 11) is 0. The quantitative estimate of drug-likeness (QED) is 0.662. The Morgan fingerprint density at radius 3 is 2.68 bits per heavy atom. The first-order valence-electron chi connectivity index (χ1n) is 8.43. The van der Waals surface area contributed by atoms with Gasteiger partial charge in [-0.2, -0.15) is 0 Å². The molecule has 0 aliphatic rings. The zero-order valence-electron chi connectivity index (χ0n) is 14.2. The van der Waals surface area contributed by atoms with E-state index in [-0.39, 0.29) is 12.5 Å². The predicted octanol–water partition coefficient (Wildman–Crippen LogP) is 3.30. The van der Waals surface area contributed by atoms with E-state index in [1.54, 1.807) is 6.07 Å². The highest BCUT2D eigenvalue weighted by Crippen LogP contribution is 2.26. The van der Waals surface area contributed by atoms with Crippen molar-refractivity contribution in [3.63, 3.8) is 0 Å².